The summed E-state index contributed by atoms with van der Waals surface area (Å²) in [5.41, 5.74) is 4.23. The number of guanidine groups is 1. The van der Waals surface area contributed by atoms with Gasteiger partial charge in [-0.1, -0.05) is 29.8 Å². The summed E-state index contributed by atoms with van der Waals surface area (Å²) < 4.78 is 1.85. The normalized spacial score (nSPS) is 11.1. The number of hydrogen-bond donors (Lipinski definition) is 2. The Hall–Kier alpha value is -2.13. The number of aliphatic imine (C=N–C) groups is 1. The van der Waals surface area contributed by atoms with E-state index in [-0.39, 0.29) is 24.0 Å². The number of benzene rings is 1. The molecular formula is C21H26ClIN6. The van der Waals surface area contributed by atoms with Crippen LogP contribution in [0.4, 0.5) is 0 Å². The van der Waals surface area contributed by atoms with Crippen LogP contribution in [0.5, 0.6) is 0 Å². The van der Waals surface area contributed by atoms with Gasteiger partial charge in [-0.15, -0.1) is 24.0 Å². The van der Waals surface area contributed by atoms with Crippen LogP contribution < -0.4 is 10.6 Å². The molecule has 2 aromatic heterocycles. The molecule has 1 aromatic carbocycles. The molecule has 0 atom stereocenters. The summed E-state index contributed by atoms with van der Waals surface area (Å²) in [5.74, 6) is 1.58. The lowest BCUT2D eigenvalue weighted by Gasteiger charge is -2.11. The molecule has 2 heterocycles. The van der Waals surface area contributed by atoms with E-state index in [2.05, 4.69) is 25.7 Å². The first-order chi connectivity index (χ1) is 13.5. The monoisotopic (exact) mass is 524 g/mol. The average molecular weight is 525 g/mol. The minimum atomic E-state index is 0. The third-order valence-corrected chi connectivity index (χ3v) is 4.42. The van der Waals surface area contributed by atoms with E-state index in [0.29, 0.717) is 13.1 Å². The fourth-order valence-electron chi connectivity index (χ4n) is 2.80. The van der Waals surface area contributed by atoms with E-state index < -0.39 is 0 Å². The zero-order valence-corrected chi connectivity index (χ0v) is 19.9. The molecular weight excluding hydrogens is 499 g/mol. The van der Waals surface area contributed by atoms with Crippen LogP contribution in [-0.4, -0.2) is 27.3 Å². The molecule has 3 rings (SSSR count). The molecule has 3 aromatic rings. The predicted molar refractivity (Wildman–Crippen MR) is 129 cm³/mol. The summed E-state index contributed by atoms with van der Waals surface area (Å²) in [6, 6.07) is 13.8. The molecule has 0 aliphatic heterocycles. The largest absolute Gasteiger partial charge is 0.357 e. The standard InChI is InChI=1S/C21H25ClN6.HI/c1-4-23-21(25-12-17-5-8-19(22)9-6-17)26-14-18-7-10-20(24-13-18)28-16(3)11-15(2)27-28;/h5-11,13H,4,12,14H2,1-3H3,(H2,23,25,26);1H. The highest BCUT2D eigenvalue weighted by Crippen LogP contribution is 2.11. The molecule has 29 heavy (non-hydrogen) atoms. The van der Waals surface area contributed by atoms with Crippen molar-refractivity contribution in [2.45, 2.75) is 33.9 Å². The maximum Gasteiger partial charge on any atom is 0.191 e. The number of rotatable bonds is 6. The van der Waals surface area contributed by atoms with Crippen LogP contribution in [0.25, 0.3) is 5.82 Å². The van der Waals surface area contributed by atoms with E-state index in [9.17, 15) is 0 Å². The van der Waals surface area contributed by atoms with Crippen LogP contribution in [-0.2, 0) is 13.1 Å². The van der Waals surface area contributed by atoms with Gasteiger partial charge >= 0.3 is 0 Å². The van der Waals surface area contributed by atoms with Crippen molar-refractivity contribution in [2.24, 2.45) is 4.99 Å². The van der Waals surface area contributed by atoms with Gasteiger partial charge in [-0.2, -0.15) is 5.10 Å². The molecule has 2 N–H and O–H groups in total. The first kappa shape index (κ1) is 23.2. The second kappa shape index (κ2) is 11.2. The summed E-state index contributed by atoms with van der Waals surface area (Å²) in [6.07, 6.45) is 1.85. The van der Waals surface area contributed by atoms with E-state index in [1.54, 1.807) is 0 Å². The average Bonchev–Trinajstić information content (AvgIpc) is 3.04. The Morgan fingerprint density at radius 3 is 2.38 bits per heavy atom. The van der Waals surface area contributed by atoms with Crippen molar-refractivity contribution in [3.63, 3.8) is 0 Å². The number of halogens is 2. The zero-order chi connectivity index (χ0) is 19.9. The molecule has 8 heteroatoms. The van der Waals surface area contributed by atoms with Gasteiger partial charge in [0.1, 0.15) is 0 Å². The van der Waals surface area contributed by atoms with Crippen LogP contribution >= 0.6 is 35.6 Å². The molecule has 0 aliphatic carbocycles. The molecule has 0 aliphatic rings. The summed E-state index contributed by atoms with van der Waals surface area (Å²) in [4.78, 5) is 9.17. The summed E-state index contributed by atoms with van der Waals surface area (Å²) >= 11 is 5.93. The van der Waals surface area contributed by atoms with Crippen LogP contribution in [0.2, 0.25) is 5.02 Å². The molecule has 6 nitrogen and oxygen atoms in total. The Bertz CT molecular complexity index is 935. The number of pyridine rings is 1. The van der Waals surface area contributed by atoms with Crippen molar-refractivity contribution >= 4 is 41.5 Å². The fourth-order valence-corrected chi connectivity index (χ4v) is 2.92. The number of hydrogen-bond acceptors (Lipinski definition) is 3. The van der Waals surface area contributed by atoms with Gasteiger partial charge in [0.2, 0.25) is 0 Å². The van der Waals surface area contributed by atoms with Crippen LogP contribution in [0.15, 0.2) is 53.7 Å². The highest BCUT2D eigenvalue weighted by atomic mass is 127. The summed E-state index contributed by atoms with van der Waals surface area (Å²) in [5, 5.41) is 11.8. The number of aromatic nitrogens is 3. The number of nitrogens with zero attached hydrogens (tertiary/aromatic N) is 4. The minimum absolute atomic E-state index is 0. The van der Waals surface area contributed by atoms with Gasteiger partial charge in [0.05, 0.1) is 12.2 Å². The maximum atomic E-state index is 5.93. The van der Waals surface area contributed by atoms with Gasteiger partial charge in [-0.3, -0.25) is 0 Å². The topological polar surface area (TPSA) is 67.1 Å². The van der Waals surface area contributed by atoms with Crippen LogP contribution in [0, 0.1) is 13.8 Å². The van der Waals surface area contributed by atoms with Gasteiger partial charge in [-0.05, 0) is 56.2 Å². The molecule has 154 valence electrons. The second-order valence-corrected chi connectivity index (χ2v) is 6.98. The van der Waals surface area contributed by atoms with Crippen LogP contribution in [0.1, 0.15) is 29.4 Å². The van der Waals surface area contributed by atoms with E-state index in [4.69, 9.17) is 11.6 Å². The fraction of sp³-hybridized carbons (Fsp3) is 0.286. The van der Waals surface area contributed by atoms with E-state index >= 15 is 0 Å². The smallest absolute Gasteiger partial charge is 0.191 e. The third-order valence-electron chi connectivity index (χ3n) is 4.17. The van der Waals surface area contributed by atoms with Crippen molar-refractivity contribution in [1.82, 2.24) is 25.4 Å². The van der Waals surface area contributed by atoms with Gasteiger partial charge < -0.3 is 10.6 Å². The molecule has 0 amide bonds. The molecule has 0 bridgehead atoms. The lowest BCUT2D eigenvalue weighted by molar-refractivity contribution is 0.799. The van der Waals surface area contributed by atoms with Crippen LogP contribution in [0.3, 0.4) is 0 Å². The SMILES string of the molecule is CCNC(=NCc1ccc(-n2nc(C)cc2C)nc1)NCc1ccc(Cl)cc1.I. The van der Waals surface area contributed by atoms with E-state index in [1.807, 2.05) is 74.1 Å². The predicted octanol–water partition coefficient (Wildman–Crippen LogP) is 4.41. The quantitative estimate of drug-likeness (QED) is 0.285. The van der Waals surface area contributed by atoms with Crippen molar-refractivity contribution in [1.29, 1.82) is 0 Å². The highest BCUT2D eigenvalue weighted by Gasteiger charge is 2.05. The molecule has 0 saturated carbocycles. The van der Waals surface area contributed by atoms with Crippen molar-refractivity contribution in [2.75, 3.05) is 6.54 Å². The lowest BCUT2D eigenvalue weighted by atomic mass is 10.2. The van der Waals surface area contributed by atoms with Gasteiger partial charge in [0, 0.05) is 30.0 Å². The Kier molecular flexibility index (Phi) is 8.91. The van der Waals surface area contributed by atoms with Crippen molar-refractivity contribution in [3.8, 4) is 5.82 Å². The number of nitrogens with one attached hydrogen (secondary N) is 2. The van der Waals surface area contributed by atoms with Gasteiger partial charge in [-0.25, -0.2) is 14.7 Å². The summed E-state index contributed by atoms with van der Waals surface area (Å²) in [6.45, 7) is 8.06. The second-order valence-electron chi connectivity index (χ2n) is 6.54. The molecule has 0 fully saturated rings. The summed E-state index contributed by atoms with van der Waals surface area (Å²) in [7, 11) is 0. The lowest BCUT2D eigenvalue weighted by Crippen LogP contribution is -2.36. The Morgan fingerprint density at radius 1 is 1.07 bits per heavy atom. The van der Waals surface area contributed by atoms with E-state index in [0.717, 1.165) is 45.9 Å². The third kappa shape index (κ3) is 6.71. The minimum Gasteiger partial charge on any atom is -0.357 e. The zero-order valence-electron chi connectivity index (χ0n) is 16.8. The van der Waals surface area contributed by atoms with Gasteiger partial charge in [0.25, 0.3) is 0 Å². The molecule has 0 saturated heterocycles. The first-order valence-corrected chi connectivity index (χ1v) is 9.68. The highest BCUT2D eigenvalue weighted by molar-refractivity contribution is 14.0. The molecule has 0 spiro atoms. The van der Waals surface area contributed by atoms with E-state index in [1.165, 1.54) is 0 Å². The Morgan fingerprint density at radius 2 is 1.79 bits per heavy atom. The maximum absolute atomic E-state index is 5.93. The molecule has 0 unspecified atom stereocenters. The Labute approximate surface area is 193 Å². The Balaban J connectivity index is 0.00000300. The molecule has 0 radical (unpaired) electrons. The van der Waals surface area contributed by atoms with Crippen molar-refractivity contribution < 1.29 is 0 Å². The number of aryl methyl sites for hydroxylation is 2. The van der Waals surface area contributed by atoms with Gasteiger partial charge in [0.15, 0.2) is 11.8 Å². The van der Waals surface area contributed by atoms with Crippen molar-refractivity contribution in [3.05, 3.63) is 76.2 Å². The first-order valence-electron chi connectivity index (χ1n) is 9.30.